The lowest BCUT2D eigenvalue weighted by molar-refractivity contribution is -0.141. The topological polar surface area (TPSA) is 71.8 Å². The molecule has 0 spiro atoms. The fourth-order valence-electron chi connectivity index (χ4n) is 4.31. The number of benzene rings is 2. The van der Waals surface area contributed by atoms with Crippen LogP contribution in [-0.2, 0) is 17.8 Å². The summed E-state index contributed by atoms with van der Waals surface area (Å²) in [5.74, 6) is 1.30. The minimum absolute atomic E-state index is 0.126. The number of carbonyl (C=O) groups is 2. The van der Waals surface area contributed by atoms with Crippen molar-refractivity contribution in [1.29, 1.82) is 0 Å². The first-order chi connectivity index (χ1) is 16.8. The molecule has 1 aliphatic rings. The van der Waals surface area contributed by atoms with Gasteiger partial charge in [0.1, 0.15) is 18.1 Å². The number of fused-ring (bicyclic) bond motifs is 1. The first kappa shape index (κ1) is 24.3. The molecule has 1 aliphatic heterocycles. The molecule has 1 unspecified atom stereocenters. The molecule has 4 rings (SSSR count). The van der Waals surface area contributed by atoms with Gasteiger partial charge in [0.15, 0.2) is 5.76 Å². The summed E-state index contributed by atoms with van der Waals surface area (Å²) in [6.07, 6.45) is 2.40. The van der Waals surface area contributed by atoms with Gasteiger partial charge in [-0.25, -0.2) is 0 Å². The third kappa shape index (κ3) is 5.48. The average Bonchev–Trinajstić information content (AvgIpc) is 3.34. The van der Waals surface area contributed by atoms with Gasteiger partial charge in [-0.1, -0.05) is 63.2 Å². The second-order valence-corrected chi connectivity index (χ2v) is 9.73. The molecule has 3 aromatic rings. The van der Waals surface area contributed by atoms with E-state index in [0.29, 0.717) is 24.6 Å². The lowest BCUT2D eigenvalue weighted by Crippen LogP contribution is -2.45. The van der Waals surface area contributed by atoms with Crippen LogP contribution in [0.2, 0.25) is 0 Å². The van der Waals surface area contributed by atoms with Crippen molar-refractivity contribution in [3.63, 3.8) is 0 Å². The van der Waals surface area contributed by atoms with Crippen molar-refractivity contribution >= 4 is 11.8 Å². The Labute approximate surface area is 206 Å². The van der Waals surface area contributed by atoms with Crippen molar-refractivity contribution in [3.8, 4) is 5.75 Å². The summed E-state index contributed by atoms with van der Waals surface area (Å²) < 4.78 is 11.7. The maximum Gasteiger partial charge on any atom is 0.287 e. The van der Waals surface area contributed by atoms with Crippen LogP contribution in [0.3, 0.4) is 0 Å². The number of nitrogens with one attached hydrogen (secondary N) is 1. The third-order valence-corrected chi connectivity index (χ3v) is 6.04. The molecule has 6 heteroatoms. The van der Waals surface area contributed by atoms with Gasteiger partial charge >= 0.3 is 0 Å². The Hall–Kier alpha value is -3.80. The van der Waals surface area contributed by atoms with Gasteiger partial charge in [0, 0.05) is 18.5 Å². The number of furan rings is 1. The fourth-order valence-corrected chi connectivity index (χ4v) is 4.31. The van der Waals surface area contributed by atoms with Crippen LogP contribution in [0.4, 0.5) is 0 Å². The van der Waals surface area contributed by atoms with E-state index in [-0.39, 0.29) is 30.2 Å². The predicted octanol–water partition coefficient (Wildman–Crippen LogP) is 5.29. The maximum atomic E-state index is 13.4. The second-order valence-electron chi connectivity index (χ2n) is 9.73. The van der Waals surface area contributed by atoms with Crippen LogP contribution < -0.4 is 10.1 Å². The number of nitrogens with zero attached hydrogens (tertiary/aromatic N) is 1. The van der Waals surface area contributed by atoms with E-state index in [2.05, 4.69) is 30.1 Å². The average molecular weight is 473 g/mol. The molecule has 35 heavy (non-hydrogen) atoms. The number of hydrogen-bond donors (Lipinski definition) is 1. The summed E-state index contributed by atoms with van der Waals surface area (Å²) in [7, 11) is 0. The van der Waals surface area contributed by atoms with E-state index >= 15 is 0 Å². The van der Waals surface area contributed by atoms with Crippen LogP contribution >= 0.6 is 0 Å². The van der Waals surface area contributed by atoms with E-state index < -0.39 is 5.41 Å². The highest BCUT2D eigenvalue weighted by Crippen LogP contribution is 2.39. The van der Waals surface area contributed by atoms with Gasteiger partial charge in [-0.05, 0) is 47.4 Å². The third-order valence-electron chi connectivity index (χ3n) is 6.04. The molecule has 2 heterocycles. The van der Waals surface area contributed by atoms with Crippen molar-refractivity contribution in [1.82, 2.24) is 10.2 Å². The summed E-state index contributed by atoms with van der Waals surface area (Å²) in [5, 5.41) is 2.69. The smallest absolute Gasteiger partial charge is 0.287 e. The van der Waals surface area contributed by atoms with E-state index in [1.807, 2.05) is 56.0 Å². The predicted molar refractivity (Wildman–Crippen MR) is 135 cm³/mol. The Morgan fingerprint density at radius 3 is 2.63 bits per heavy atom. The molecule has 1 N–H and O–H groups in total. The monoisotopic (exact) mass is 472 g/mol. The molecule has 0 aliphatic carbocycles. The van der Waals surface area contributed by atoms with E-state index in [1.165, 1.54) is 5.56 Å². The molecule has 2 aromatic carbocycles. The SMILES string of the molecule is C=CCNC(=O)c1ccc(COc2ccc3c(c2)C(c2ccccc2)N(C(=O)C(C)(C)C)CC3)o1. The molecule has 182 valence electrons. The van der Waals surface area contributed by atoms with Crippen molar-refractivity contribution < 1.29 is 18.7 Å². The molecule has 6 nitrogen and oxygen atoms in total. The molecule has 0 radical (unpaired) electrons. The van der Waals surface area contributed by atoms with Crippen molar-refractivity contribution in [2.24, 2.45) is 5.41 Å². The Balaban J connectivity index is 1.58. The van der Waals surface area contributed by atoms with Crippen LogP contribution in [0.25, 0.3) is 0 Å². The summed E-state index contributed by atoms with van der Waals surface area (Å²) in [6.45, 7) is 10.7. The first-order valence-corrected chi connectivity index (χ1v) is 11.9. The van der Waals surface area contributed by atoms with Gasteiger partial charge in [-0.15, -0.1) is 6.58 Å². The molecular formula is C29H32N2O4. The summed E-state index contributed by atoms with van der Waals surface area (Å²) in [5.41, 5.74) is 2.88. The Morgan fingerprint density at radius 1 is 1.14 bits per heavy atom. The van der Waals surface area contributed by atoms with E-state index in [0.717, 1.165) is 17.5 Å². The minimum atomic E-state index is -0.479. The Bertz CT molecular complexity index is 1210. The van der Waals surface area contributed by atoms with E-state index in [4.69, 9.17) is 9.15 Å². The van der Waals surface area contributed by atoms with Crippen molar-refractivity contribution in [3.05, 3.63) is 102 Å². The number of hydrogen-bond acceptors (Lipinski definition) is 4. The highest BCUT2D eigenvalue weighted by Gasteiger charge is 2.37. The Kier molecular flexibility index (Phi) is 7.10. The van der Waals surface area contributed by atoms with E-state index in [1.54, 1.807) is 18.2 Å². The van der Waals surface area contributed by atoms with Gasteiger partial charge in [0.2, 0.25) is 5.91 Å². The highest BCUT2D eigenvalue weighted by atomic mass is 16.5. The standard InChI is InChI=1S/C29H32N2O4/c1-5-16-30-27(32)25-14-13-23(35-25)19-34-22-12-11-20-15-17-31(28(33)29(2,3)4)26(24(20)18-22)21-9-7-6-8-10-21/h5-14,18,26H,1,15-17,19H2,2-4H3,(H,30,32). The Morgan fingerprint density at radius 2 is 1.91 bits per heavy atom. The molecule has 0 saturated heterocycles. The molecular weight excluding hydrogens is 440 g/mol. The van der Waals surface area contributed by atoms with Crippen molar-refractivity contribution in [2.75, 3.05) is 13.1 Å². The van der Waals surface area contributed by atoms with Gasteiger partial charge in [0.25, 0.3) is 5.91 Å². The molecule has 0 fully saturated rings. The van der Waals surface area contributed by atoms with Gasteiger partial charge in [-0.2, -0.15) is 0 Å². The zero-order valence-corrected chi connectivity index (χ0v) is 20.5. The summed E-state index contributed by atoms with van der Waals surface area (Å²) >= 11 is 0. The summed E-state index contributed by atoms with van der Waals surface area (Å²) in [4.78, 5) is 27.4. The number of rotatable bonds is 7. The number of ether oxygens (including phenoxy) is 1. The highest BCUT2D eigenvalue weighted by molar-refractivity contribution is 5.91. The molecule has 0 saturated carbocycles. The second kappa shape index (κ2) is 10.2. The zero-order chi connectivity index (χ0) is 25.0. The quantitative estimate of drug-likeness (QED) is 0.474. The molecule has 2 amide bonds. The zero-order valence-electron chi connectivity index (χ0n) is 20.5. The number of carbonyl (C=O) groups excluding carboxylic acids is 2. The largest absolute Gasteiger partial charge is 0.486 e. The van der Waals surface area contributed by atoms with Crippen LogP contribution in [0.15, 0.2) is 77.7 Å². The van der Waals surface area contributed by atoms with E-state index in [9.17, 15) is 9.59 Å². The lowest BCUT2D eigenvalue weighted by atomic mass is 9.85. The number of amides is 2. The minimum Gasteiger partial charge on any atom is -0.486 e. The normalized spacial score (nSPS) is 15.3. The van der Waals surface area contributed by atoms with Gasteiger partial charge < -0.3 is 19.4 Å². The van der Waals surface area contributed by atoms with Gasteiger partial charge in [0.05, 0.1) is 6.04 Å². The maximum absolute atomic E-state index is 13.4. The lowest BCUT2D eigenvalue weighted by Gasteiger charge is -2.41. The van der Waals surface area contributed by atoms with Crippen LogP contribution in [0.5, 0.6) is 5.75 Å². The first-order valence-electron chi connectivity index (χ1n) is 11.9. The summed E-state index contributed by atoms with van der Waals surface area (Å²) in [6, 6.07) is 19.4. The molecule has 1 atom stereocenters. The van der Waals surface area contributed by atoms with Gasteiger partial charge in [-0.3, -0.25) is 9.59 Å². The fraction of sp³-hybridized carbons (Fsp3) is 0.310. The van der Waals surface area contributed by atoms with Crippen LogP contribution in [0, 0.1) is 5.41 Å². The van der Waals surface area contributed by atoms with Crippen LogP contribution in [0.1, 0.15) is 59.8 Å². The van der Waals surface area contributed by atoms with Crippen molar-refractivity contribution in [2.45, 2.75) is 39.8 Å². The van der Waals surface area contributed by atoms with Crippen LogP contribution in [-0.4, -0.2) is 29.8 Å². The molecule has 0 bridgehead atoms. The molecule has 1 aromatic heterocycles.